The molecule has 0 aromatic heterocycles. The first-order valence-corrected chi connectivity index (χ1v) is 9.92. The average Bonchev–Trinajstić information content (AvgIpc) is 2.70. The van der Waals surface area contributed by atoms with Crippen molar-refractivity contribution >= 4 is 29.1 Å². The van der Waals surface area contributed by atoms with Gasteiger partial charge < -0.3 is 14.8 Å². The van der Waals surface area contributed by atoms with Gasteiger partial charge >= 0.3 is 0 Å². The van der Waals surface area contributed by atoms with Crippen molar-refractivity contribution in [1.82, 2.24) is 5.32 Å². The van der Waals surface area contributed by atoms with E-state index in [1.54, 1.807) is 30.3 Å². The number of hydrogen-bond acceptors (Lipinski definition) is 3. The number of halogens is 3. The Morgan fingerprint density at radius 3 is 2.64 bits per heavy atom. The maximum atomic E-state index is 13.7. The fourth-order valence-electron chi connectivity index (χ4n) is 3.33. The summed E-state index contributed by atoms with van der Waals surface area (Å²) in [6.07, 6.45) is 1.67. The van der Waals surface area contributed by atoms with Crippen LogP contribution >= 0.6 is 23.2 Å². The van der Waals surface area contributed by atoms with E-state index in [0.717, 1.165) is 18.4 Å². The fourth-order valence-corrected chi connectivity index (χ4v) is 3.62. The molecule has 0 atom stereocenters. The lowest BCUT2D eigenvalue weighted by molar-refractivity contribution is -0.122. The second-order valence-electron chi connectivity index (χ2n) is 6.85. The van der Waals surface area contributed by atoms with Gasteiger partial charge in [0, 0.05) is 31.2 Å². The molecular weight excluding hydrogens is 404 g/mol. The Hall–Kier alpha value is -1.82. The lowest BCUT2D eigenvalue weighted by Gasteiger charge is -2.38. The van der Waals surface area contributed by atoms with Gasteiger partial charge in [0.1, 0.15) is 11.6 Å². The maximum absolute atomic E-state index is 13.7. The third-order valence-electron chi connectivity index (χ3n) is 5.00. The van der Waals surface area contributed by atoms with E-state index in [1.165, 1.54) is 6.07 Å². The summed E-state index contributed by atoms with van der Waals surface area (Å²) < 4.78 is 24.7. The van der Waals surface area contributed by atoms with Gasteiger partial charge in [-0.1, -0.05) is 35.3 Å². The summed E-state index contributed by atoms with van der Waals surface area (Å²) in [4.78, 5) is 12.3. The summed E-state index contributed by atoms with van der Waals surface area (Å²) >= 11 is 11.8. The van der Waals surface area contributed by atoms with Crippen molar-refractivity contribution in [1.29, 1.82) is 0 Å². The van der Waals surface area contributed by atoms with Crippen molar-refractivity contribution in [2.75, 3.05) is 26.4 Å². The molecular formula is C21H22Cl2FNO3. The van der Waals surface area contributed by atoms with Gasteiger partial charge in [-0.15, -0.1) is 0 Å². The van der Waals surface area contributed by atoms with Gasteiger partial charge in [-0.05, 0) is 42.7 Å². The van der Waals surface area contributed by atoms with Crippen LogP contribution in [0.5, 0.6) is 5.75 Å². The number of amides is 1. The smallest absolute Gasteiger partial charge is 0.223 e. The van der Waals surface area contributed by atoms with Crippen LogP contribution in [0.1, 0.15) is 24.8 Å². The average molecular weight is 426 g/mol. The van der Waals surface area contributed by atoms with Crippen molar-refractivity contribution in [3.8, 4) is 5.75 Å². The molecule has 1 aliphatic heterocycles. The van der Waals surface area contributed by atoms with Gasteiger partial charge in [-0.2, -0.15) is 0 Å². The van der Waals surface area contributed by atoms with E-state index in [0.29, 0.717) is 35.6 Å². The number of benzene rings is 2. The summed E-state index contributed by atoms with van der Waals surface area (Å²) in [6.45, 7) is 1.84. The topological polar surface area (TPSA) is 47.6 Å². The van der Waals surface area contributed by atoms with E-state index in [4.69, 9.17) is 32.7 Å². The SMILES string of the molecule is O=C(CCOc1ccc(Cl)c(Cl)c1)NCC1(c2cccc(F)c2)CCOCC1. The van der Waals surface area contributed by atoms with Crippen LogP contribution in [-0.4, -0.2) is 32.3 Å². The molecule has 0 radical (unpaired) electrons. The first kappa shape index (κ1) is 20.9. The number of rotatable bonds is 7. The highest BCUT2D eigenvalue weighted by Crippen LogP contribution is 2.34. The molecule has 1 heterocycles. The number of carbonyl (C=O) groups is 1. The summed E-state index contributed by atoms with van der Waals surface area (Å²) in [5.74, 6) is 0.162. The van der Waals surface area contributed by atoms with Crippen LogP contribution in [0, 0.1) is 5.82 Å². The maximum Gasteiger partial charge on any atom is 0.223 e. The second kappa shape index (κ2) is 9.59. The molecule has 0 unspecified atom stereocenters. The molecule has 1 fully saturated rings. The normalized spacial score (nSPS) is 15.8. The first-order valence-electron chi connectivity index (χ1n) is 9.17. The highest BCUT2D eigenvalue weighted by Gasteiger charge is 2.35. The lowest BCUT2D eigenvalue weighted by atomic mass is 9.74. The van der Waals surface area contributed by atoms with Crippen LogP contribution in [0.2, 0.25) is 10.0 Å². The minimum atomic E-state index is -0.319. The fraction of sp³-hybridized carbons (Fsp3) is 0.381. The third-order valence-corrected chi connectivity index (χ3v) is 5.74. The number of carbonyl (C=O) groups excluding carboxylic acids is 1. The molecule has 0 saturated carbocycles. The van der Waals surface area contributed by atoms with E-state index in [1.807, 2.05) is 6.07 Å². The summed E-state index contributed by atoms with van der Waals surface area (Å²) in [7, 11) is 0. The highest BCUT2D eigenvalue weighted by atomic mass is 35.5. The standard InChI is InChI=1S/C21H22Cl2FNO3/c22-18-5-4-17(13-19(18)23)28-9-6-20(26)25-14-21(7-10-27-11-8-21)15-2-1-3-16(24)12-15/h1-5,12-13H,6-11,14H2,(H,25,26). The molecule has 1 saturated heterocycles. The highest BCUT2D eigenvalue weighted by molar-refractivity contribution is 6.42. The Morgan fingerprint density at radius 2 is 1.93 bits per heavy atom. The Labute approximate surface area is 173 Å². The Balaban J connectivity index is 1.54. The molecule has 1 N–H and O–H groups in total. The van der Waals surface area contributed by atoms with Crippen molar-refractivity contribution in [2.24, 2.45) is 0 Å². The van der Waals surface area contributed by atoms with Crippen LogP contribution in [0.3, 0.4) is 0 Å². The van der Waals surface area contributed by atoms with Gasteiger partial charge in [0.25, 0.3) is 0 Å². The Morgan fingerprint density at radius 1 is 1.14 bits per heavy atom. The van der Waals surface area contributed by atoms with E-state index >= 15 is 0 Å². The van der Waals surface area contributed by atoms with E-state index in [2.05, 4.69) is 5.32 Å². The molecule has 2 aromatic rings. The molecule has 3 rings (SSSR count). The van der Waals surface area contributed by atoms with Crippen LogP contribution in [0.25, 0.3) is 0 Å². The van der Waals surface area contributed by atoms with Gasteiger partial charge in [-0.3, -0.25) is 4.79 Å². The minimum Gasteiger partial charge on any atom is -0.493 e. The molecule has 7 heteroatoms. The quantitative estimate of drug-likeness (QED) is 0.694. The molecule has 1 aliphatic rings. The molecule has 150 valence electrons. The number of ether oxygens (including phenoxy) is 2. The van der Waals surface area contributed by atoms with Crippen LogP contribution in [0.4, 0.5) is 4.39 Å². The van der Waals surface area contributed by atoms with E-state index in [-0.39, 0.29) is 30.2 Å². The molecule has 2 aromatic carbocycles. The van der Waals surface area contributed by atoms with Crippen molar-refractivity contribution in [3.05, 3.63) is 63.9 Å². The Kier molecular flexibility index (Phi) is 7.16. The zero-order valence-electron chi connectivity index (χ0n) is 15.3. The van der Waals surface area contributed by atoms with Gasteiger partial charge in [-0.25, -0.2) is 4.39 Å². The van der Waals surface area contributed by atoms with Crippen molar-refractivity contribution < 1.29 is 18.7 Å². The van der Waals surface area contributed by atoms with Crippen LogP contribution < -0.4 is 10.1 Å². The molecule has 1 amide bonds. The number of nitrogens with one attached hydrogen (secondary N) is 1. The number of hydrogen-bond donors (Lipinski definition) is 1. The summed E-state index contributed by atoms with van der Waals surface area (Å²) in [5, 5.41) is 3.83. The third kappa shape index (κ3) is 5.37. The van der Waals surface area contributed by atoms with Crippen LogP contribution in [0.15, 0.2) is 42.5 Å². The largest absolute Gasteiger partial charge is 0.493 e. The van der Waals surface area contributed by atoms with Gasteiger partial charge in [0.15, 0.2) is 0 Å². The molecule has 0 spiro atoms. The predicted molar refractivity (Wildman–Crippen MR) is 108 cm³/mol. The summed E-state index contributed by atoms with van der Waals surface area (Å²) in [6, 6.07) is 11.5. The lowest BCUT2D eigenvalue weighted by Crippen LogP contribution is -2.44. The minimum absolute atomic E-state index is 0.123. The first-order chi connectivity index (χ1) is 13.5. The molecule has 28 heavy (non-hydrogen) atoms. The molecule has 0 bridgehead atoms. The Bertz CT molecular complexity index is 825. The van der Waals surface area contributed by atoms with Crippen molar-refractivity contribution in [2.45, 2.75) is 24.7 Å². The van der Waals surface area contributed by atoms with Gasteiger partial charge in [0.05, 0.1) is 23.1 Å². The zero-order chi connectivity index (χ0) is 20.0. The molecule has 0 aliphatic carbocycles. The predicted octanol–water partition coefficient (Wildman–Crippen LogP) is 4.77. The monoisotopic (exact) mass is 425 g/mol. The van der Waals surface area contributed by atoms with E-state index in [9.17, 15) is 9.18 Å². The molecule has 4 nitrogen and oxygen atoms in total. The second-order valence-corrected chi connectivity index (χ2v) is 7.67. The van der Waals surface area contributed by atoms with Gasteiger partial charge in [0.2, 0.25) is 5.91 Å². The zero-order valence-corrected chi connectivity index (χ0v) is 16.9. The van der Waals surface area contributed by atoms with Crippen LogP contribution in [-0.2, 0) is 14.9 Å². The van der Waals surface area contributed by atoms with E-state index < -0.39 is 0 Å². The summed E-state index contributed by atoms with van der Waals surface area (Å²) in [5.41, 5.74) is 0.573. The van der Waals surface area contributed by atoms with Crippen molar-refractivity contribution in [3.63, 3.8) is 0 Å².